The lowest BCUT2D eigenvalue weighted by Crippen LogP contribution is -2.04. The number of carbonyl (C=O) groups is 1. The van der Waals surface area contributed by atoms with E-state index in [9.17, 15) is 9.18 Å². The van der Waals surface area contributed by atoms with Gasteiger partial charge in [-0.05, 0) is 42.8 Å². The zero-order chi connectivity index (χ0) is 14.9. The fourth-order valence-corrected chi connectivity index (χ4v) is 2.02. The Morgan fingerprint density at radius 3 is 2.70 bits per heavy atom. The maximum Gasteiger partial charge on any atom is 0.337 e. The average Bonchev–Trinajstić information content (AvgIpc) is 2.37. The number of nitrogens with two attached hydrogens (primary N) is 1. The van der Waals surface area contributed by atoms with Gasteiger partial charge in [-0.1, -0.05) is 15.9 Å². The van der Waals surface area contributed by atoms with Crippen molar-refractivity contribution in [3.8, 4) is 11.5 Å². The fourth-order valence-electron chi connectivity index (χ4n) is 1.68. The average molecular weight is 340 g/mol. The lowest BCUT2D eigenvalue weighted by atomic mass is 10.1. The van der Waals surface area contributed by atoms with Crippen LogP contribution in [0, 0.1) is 12.7 Å². The molecule has 2 aromatic rings. The molecule has 104 valence electrons. The van der Waals surface area contributed by atoms with Crippen molar-refractivity contribution < 1.29 is 19.0 Å². The lowest BCUT2D eigenvalue weighted by molar-refractivity contribution is 0.0697. The quantitative estimate of drug-likeness (QED) is 0.830. The Balaban J connectivity index is 2.44. The monoisotopic (exact) mass is 339 g/mol. The van der Waals surface area contributed by atoms with Crippen molar-refractivity contribution in [1.29, 1.82) is 0 Å². The molecule has 0 unspecified atom stereocenters. The summed E-state index contributed by atoms with van der Waals surface area (Å²) in [5.41, 5.74) is 6.33. The number of aromatic carboxylic acids is 1. The van der Waals surface area contributed by atoms with Gasteiger partial charge in [0.25, 0.3) is 0 Å². The molecule has 0 aliphatic heterocycles. The summed E-state index contributed by atoms with van der Waals surface area (Å²) in [7, 11) is 0. The van der Waals surface area contributed by atoms with E-state index in [1.54, 1.807) is 19.1 Å². The van der Waals surface area contributed by atoms with Crippen LogP contribution in [0.1, 0.15) is 15.9 Å². The molecule has 0 fully saturated rings. The molecule has 3 N–H and O–H groups in total. The molecule has 0 aromatic heterocycles. The van der Waals surface area contributed by atoms with E-state index in [0.717, 1.165) is 0 Å². The van der Waals surface area contributed by atoms with Crippen molar-refractivity contribution in [3.63, 3.8) is 0 Å². The van der Waals surface area contributed by atoms with E-state index < -0.39 is 11.8 Å². The number of ether oxygens (including phenoxy) is 1. The SMILES string of the molecule is Cc1cc(Oc2cc(Br)ccc2F)cc(C(=O)O)c1N. The molecule has 0 saturated heterocycles. The Morgan fingerprint density at radius 2 is 2.05 bits per heavy atom. The van der Waals surface area contributed by atoms with E-state index in [2.05, 4.69) is 15.9 Å². The Bertz CT molecular complexity index is 688. The first-order valence-corrected chi connectivity index (χ1v) is 6.44. The molecule has 0 atom stereocenters. The van der Waals surface area contributed by atoms with E-state index in [1.165, 1.54) is 18.2 Å². The van der Waals surface area contributed by atoms with Crippen LogP contribution < -0.4 is 10.5 Å². The van der Waals surface area contributed by atoms with Crippen LogP contribution in [0.25, 0.3) is 0 Å². The predicted molar refractivity (Wildman–Crippen MR) is 76.7 cm³/mol. The van der Waals surface area contributed by atoms with Gasteiger partial charge in [-0.3, -0.25) is 0 Å². The standard InChI is InChI=1S/C14H11BrFNO3/c1-7-4-9(6-10(13(7)17)14(18)19)20-12-5-8(15)2-3-11(12)16/h2-6H,17H2,1H3,(H,18,19). The first-order valence-electron chi connectivity index (χ1n) is 5.65. The highest BCUT2D eigenvalue weighted by molar-refractivity contribution is 9.10. The smallest absolute Gasteiger partial charge is 0.337 e. The molecule has 0 aliphatic rings. The normalized spacial score (nSPS) is 10.3. The second kappa shape index (κ2) is 5.50. The third-order valence-electron chi connectivity index (χ3n) is 2.71. The van der Waals surface area contributed by atoms with Gasteiger partial charge in [0.1, 0.15) is 5.75 Å². The molecule has 0 aliphatic carbocycles. The molecule has 0 amide bonds. The van der Waals surface area contributed by atoms with Gasteiger partial charge in [0.05, 0.1) is 5.56 Å². The number of benzene rings is 2. The van der Waals surface area contributed by atoms with E-state index in [0.29, 0.717) is 10.0 Å². The summed E-state index contributed by atoms with van der Waals surface area (Å²) in [5.74, 6) is -1.49. The molecule has 0 heterocycles. The van der Waals surface area contributed by atoms with Crippen molar-refractivity contribution in [2.24, 2.45) is 0 Å². The highest BCUT2D eigenvalue weighted by Crippen LogP contribution is 2.31. The van der Waals surface area contributed by atoms with Crippen molar-refractivity contribution in [2.75, 3.05) is 5.73 Å². The summed E-state index contributed by atoms with van der Waals surface area (Å²) in [6.07, 6.45) is 0. The number of hydrogen-bond acceptors (Lipinski definition) is 3. The topological polar surface area (TPSA) is 72.5 Å². The van der Waals surface area contributed by atoms with Crippen LogP contribution in [-0.4, -0.2) is 11.1 Å². The molecule has 0 spiro atoms. The highest BCUT2D eigenvalue weighted by Gasteiger charge is 2.14. The van der Waals surface area contributed by atoms with Crippen LogP contribution >= 0.6 is 15.9 Å². The molecule has 4 nitrogen and oxygen atoms in total. The number of hydrogen-bond donors (Lipinski definition) is 2. The number of carboxylic acids is 1. The number of rotatable bonds is 3. The third kappa shape index (κ3) is 2.91. The van der Waals surface area contributed by atoms with Crippen LogP contribution in [0.2, 0.25) is 0 Å². The largest absolute Gasteiger partial charge is 0.478 e. The second-order valence-electron chi connectivity index (χ2n) is 4.18. The maximum atomic E-state index is 13.6. The molecule has 0 saturated carbocycles. The van der Waals surface area contributed by atoms with Gasteiger partial charge < -0.3 is 15.6 Å². The first kappa shape index (κ1) is 14.3. The van der Waals surface area contributed by atoms with E-state index >= 15 is 0 Å². The van der Waals surface area contributed by atoms with Crippen LogP contribution in [0.4, 0.5) is 10.1 Å². The van der Waals surface area contributed by atoms with Crippen molar-refractivity contribution in [3.05, 3.63) is 51.7 Å². The van der Waals surface area contributed by atoms with Crippen LogP contribution in [0.5, 0.6) is 11.5 Å². The van der Waals surface area contributed by atoms with Gasteiger partial charge >= 0.3 is 5.97 Å². The van der Waals surface area contributed by atoms with Gasteiger partial charge in [0.15, 0.2) is 11.6 Å². The summed E-state index contributed by atoms with van der Waals surface area (Å²) in [5, 5.41) is 9.06. The molecule has 2 rings (SSSR count). The van der Waals surface area contributed by atoms with Crippen LogP contribution in [0.3, 0.4) is 0 Å². The molecule has 20 heavy (non-hydrogen) atoms. The number of aryl methyl sites for hydroxylation is 1. The Kier molecular flexibility index (Phi) is 3.94. The van der Waals surface area contributed by atoms with E-state index in [-0.39, 0.29) is 22.7 Å². The van der Waals surface area contributed by atoms with Gasteiger partial charge in [-0.25, -0.2) is 9.18 Å². The van der Waals surface area contributed by atoms with Crippen molar-refractivity contribution in [1.82, 2.24) is 0 Å². The first-order chi connectivity index (χ1) is 9.38. The van der Waals surface area contributed by atoms with Gasteiger partial charge in [0, 0.05) is 10.2 Å². The Morgan fingerprint density at radius 1 is 1.35 bits per heavy atom. The Labute approximate surface area is 123 Å². The van der Waals surface area contributed by atoms with Crippen LogP contribution in [0.15, 0.2) is 34.8 Å². The van der Waals surface area contributed by atoms with E-state index in [1.807, 2.05) is 0 Å². The van der Waals surface area contributed by atoms with Crippen molar-refractivity contribution in [2.45, 2.75) is 6.92 Å². The highest BCUT2D eigenvalue weighted by atomic mass is 79.9. The summed E-state index contributed by atoms with van der Waals surface area (Å²) < 4.78 is 19.7. The molecule has 2 aromatic carbocycles. The number of anilines is 1. The van der Waals surface area contributed by atoms with Gasteiger partial charge in [-0.2, -0.15) is 0 Å². The number of halogens is 2. The second-order valence-corrected chi connectivity index (χ2v) is 5.10. The number of carboxylic acid groups (broad SMARTS) is 1. The molecule has 6 heteroatoms. The number of nitrogen functional groups attached to an aromatic ring is 1. The molecule has 0 bridgehead atoms. The molecule has 0 radical (unpaired) electrons. The van der Waals surface area contributed by atoms with Crippen molar-refractivity contribution >= 4 is 27.6 Å². The summed E-state index contributed by atoms with van der Waals surface area (Å²) in [6, 6.07) is 7.08. The van der Waals surface area contributed by atoms with Gasteiger partial charge in [-0.15, -0.1) is 0 Å². The minimum Gasteiger partial charge on any atom is -0.478 e. The summed E-state index contributed by atoms with van der Waals surface area (Å²) in [4.78, 5) is 11.1. The van der Waals surface area contributed by atoms with Gasteiger partial charge in [0.2, 0.25) is 0 Å². The summed E-state index contributed by atoms with van der Waals surface area (Å²) >= 11 is 3.21. The summed E-state index contributed by atoms with van der Waals surface area (Å²) in [6.45, 7) is 1.66. The molecular weight excluding hydrogens is 329 g/mol. The third-order valence-corrected chi connectivity index (χ3v) is 3.21. The fraction of sp³-hybridized carbons (Fsp3) is 0.0714. The lowest BCUT2D eigenvalue weighted by Gasteiger charge is -2.11. The maximum absolute atomic E-state index is 13.6. The van der Waals surface area contributed by atoms with E-state index in [4.69, 9.17) is 15.6 Å². The zero-order valence-electron chi connectivity index (χ0n) is 10.5. The zero-order valence-corrected chi connectivity index (χ0v) is 12.1. The predicted octanol–water partition coefficient (Wildman–Crippen LogP) is 3.97. The minimum absolute atomic E-state index is 0.000106. The van der Waals surface area contributed by atoms with Crippen LogP contribution in [-0.2, 0) is 0 Å². The molecular formula is C14H11BrFNO3. The Hall–Kier alpha value is -2.08. The minimum atomic E-state index is -1.16.